The zero-order valence-electron chi connectivity index (χ0n) is 16.0. The third-order valence-electron chi connectivity index (χ3n) is 5.37. The van der Waals surface area contributed by atoms with Crippen molar-refractivity contribution >= 4 is 17.7 Å². The highest BCUT2D eigenvalue weighted by Gasteiger charge is 2.30. The van der Waals surface area contributed by atoms with Gasteiger partial charge in [-0.3, -0.25) is 14.4 Å². The molecule has 3 heterocycles. The molecule has 1 N–H and O–H groups in total. The van der Waals surface area contributed by atoms with Gasteiger partial charge in [0.25, 0.3) is 0 Å². The number of furan rings is 1. The second-order valence-electron chi connectivity index (χ2n) is 7.47. The fraction of sp³-hybridized carbons (Fsp3) is 0.650. The summed E-state index contributed by atoms with van der Waals surface area (Å²) in [6.45, 7) is 5.04. The fourth-order valence-corrected chi connectivity index (χ4v) is 3.81. The number of nitrogens with one attached hydrogen (secondary N) is 1. The summed E-state index contributed by atoms with van der Waals surface area (Å²) >= 11 is 0. The minimum absolute atomic E-state index is 0.00509. The first-order chi connectivity index (χ1) is 13.0. The van der Waals surface area contributed by atoms with Crippen molar-refractivity contribution in [3.8, 4) is 0 Å². The predicted molar refractivity (Wildman–Crippen MR) is 99.9 cm³/mol. The summed E-state index contributed by atoms with van der Waals surface area (Å²) in [5, 5.41) is 2.96. The van der Waals surface area contributed by atoms with Gasteiger partial charge in [-0.1, -0.05) is 0 Å². The Labute approximate surface area is 160 Å². The average molecular weight is 375 g/mol. The molecule has 1 atom stereocenters. The molecule has 148 valence electrons. The minimum atomic E-state index is -0.158. The number of likely N-dealkylation sites (tertiary alicyclic amines) is 2. The van der Waals surface area contributed by atoms with Crippen LogP contribution in [0.25, 0.3) is 0 Å². The molecule has 3 amide bonds. The van der Waals surface area contributed by atoms with Gasteiger partial charge in [0.05, 0.1) is 5.92 Å². The largest absolute Gasteiger partial charge is 0.466 e. The summed E-state index contributed by atoms with van der Waals surface area (Å²) in [6, 6.07) is 3.84. The van der Waals surface area contributed by atoms with Gasteiger partial charge in [-0.25, -0.2) is 0 Å². The van der Waals surface area contributed by atoms with Crippen LogP contribution in [0.15, 0.2) is 16.5 Å². The summed E-state index contributed by atoms with van der Waals surface area (Å²) in [7, 11) is 0. The molecule has 2 aliphatic rings. The van der Waals surface area contributed by atoms with Crippen molar-refractivity contribution in [1.82, 2.24) is 15.1 Å². The first-order valence-electron chi connectivity index (χ1n) is 9.91. The van der Waals surface area contributed by atoms with Crippen LogP contribution in [0.3, 0.4) is 0 Å². The Morgan fingerprint density at radius 3 is 2.67 bits per heavy atom. The predicted octanol–water partition coefficient (Wildman–Crippen LogP) is 1.50. The van der Waals surface area contributed by atoms with E-state index in [0.29, 0.717) is 51.9 Å². The van der Waals surface area contributed by atoms with Crippen molar-refractivity contribution < 1.29 is 18.8 Å². The number of rotatable bonds is 8. The Balaban J connectivity index is 1.39. The second-order valence-corrected chi connectivity index (χ2v) is 7.47. The smallest absolute Gasteiger partial charge is 0.224 e. The third kappa shape index (κ3) is 5.34. The lowest BCUT2D eigenvalue weighted by Gasteiger charge is -2.32. The van der Waals surface area contributed by atoms with E-state index >= 15 is 0 Å². The highest BCUT2D eigenvalue weighted by Crippen LogP contribution is 2.19. The summed E-state index contributed by atoms with van der Waals surface area (Å²) < 4.78 is 5.50. The van der Waals surface area contributed by atoms with Crippen LogP contribution in [-0.4, -0.2) is 60.2 Å². The highest BCUT2D eigenvalue weighted by atomic mass is 16.3. The number of hydrogen-bond donors (Lipinski definition) is 1. The van der Waals surface area contributed by atoms with E-state index in [1.54, 1.807) is 4.90 Å². The first-order valence-corrected chi connectivity index (χ1v) is 9.91. The maximum atomic E-state index is 12.4. The Bertz CT molecular complexity index is 685. The van der Waals surface area contributed by atoms with E-state index in [-0.39, 0.29) is 23.6 Å². The highest BCUT2D eigenvalue weighted by molar-refractivity contribution is 5.83. The van der Waals surface area contributed by atoms with Crippen LogP contribution in [0.4, 0.5) is 0 Å². The molecule has 1 aromatic heterocycles. The molecule has 0 aliphatic carbocycles. The quantitative estimate of drug-likeness (QED) is 0.746. The lowest BCUT2D eigenvalue weighted by atomic mass is 9.96. The van der Waals surface area contributed by atoms with E-state index < -0.39 is 0 Å². The molecule has 0 bridgehead atoms. The number of amides is 3. The maximum absolute atomic E-state index is 12.4. The van der Waals surface area contributed by atoms with E-state index in [4.69, 9.17) is 4.42 Å². The van der Waals surface area contributed by atoms with Gasteiger partial charge in [0.1, 0.15) is 11.5 Å². The van der Waals surface area contributed by atoms with E-state index in [1.807, 2.05) is 24.0 Å². The van der Waals surface area contributed by atoms with Crippen LogP contribution in [0.1, 0.15) is 43.6 Å². The molecule has 2 aliphatic heterocycles. The molecule has 2 saturated heterocycles. The average Bonchev–Trinajstić information content (AvgIpc) is 3.25. The number of nitrogens with zero attached hydrogens (tertiary/aromatic N) is 2. The maximum Gasteiger partial charge on any atom is 0.224 e. The van der Waals surface area contributed by atoms with Gasteiger partial charge < -0.3 is 19.5 Å². The lowest BCUT2D eigenvalue weighted by Crippen LogP contribution is -2.46. The molecule has 27 heavy (non-hydrogen) atoms. The molecule has 7 heteroatoms. The Hall–Kier alpha value is -2.31. The van der Waals surface area contributed by atoms with Gasteiger partial charge in [-0.2, -0.15) is 0 Å². The van der Waals surface area contributed by atoms with Crippen LogP contribution >= 0.6 is 0 Å². The van der Waals surface area contributed by atoms with Gasteiger partial charge in [-0.15, -0.1) is 0 Å². The summed E-state index contributed by atoms with van der Waals surface area (Å²) in [6.07, 6.45) is 4.02. The normalized spacial score (nSPS) is 20.4. The van der Waals surface area contributed by atoms with Gasteiger partial charge in [0, 0.05) is 52.0 Å². The zero-order valence-corrected chi connectivity index (χ0v) is 16.0. The van der Waals surface area contributed by atoms with E-state index in [0.717, 1.165) is 30.9 Å². The topological polar surface area (TPSA) is 82.9 Å². The van der Waals surface area contributed by atoms with Gasteiger partial charge >= 0.3 is 0 Å². The van der Waals surface area contributed by atoms with Gasteiger partial charge in [0.2, 0.25) is 17.7 Å². The summed E-state index contributed by atoms with van der Waals surface area (Å²) in [4.78, 5) is 39.9. The SMILES string of the molecule is Cc1ccc(CCNC(=O)C2CCC(=O)N(CCCN3CCCC3=O)C2)o1. The number of aryl methyl sites for hydroxylation is 1. The van der Waals surface area contributed by atoms with Crippen LogP contribution < -0.4 is 5.32 Å². The van der Waals surface area contributed by atoms with E-state index in [1.165, 1.54) is 0 Å². The first kappa shape index (κ1) is 19.5. The number of piperidine rings is 1. The molecule has 3 rings (SSSR count). The van der Waals surface area contributed by atoms with Crippen LogP contribution in [0.5, 0.6) is 0 Å². The standard InChI is InChI=1S/C20H29N3O4/c1-15-5-7-17(27-15)9-10-21-20(26)16-6-8-19(25)23(14-16)13-3-12-22-11-2-4-18(22)24/h5,7,16H,2-4,6,8-14H2,1H3,(H,21,26). The van der Waals surface area contributed by atoms with E-state index in [2.05, 4.69) is 5.32 Å². The molecular formula is C20H29N3O4. The summed E-state index contributed by atoms with van der Waals surface area (Å²) in [5.74, 6) is 1.90. The molecule has 0 saturated carbocycles. The number of carbonyl (C=O) groups excluding carboxylic acids is 3. The van der Waals surface area contributed by atoms with E-state index in [9.17, 15) is 14.4 Å². The Kier molecular flexibility index (Phi) is 6.53. The molecule has 2 fully saturated rings. The minimum Gasteiger partial charge on any atom is -0.466 e. The van der Waals surface area contributed by atoms with Gasteiger partial charge in [-0.05, 0) is 38.3 Å². The zero-order chi connectivity index (χ0) is 19.2. The lowest BCUT2D eigenvalue weighted by molar-refractivity contribution is -0.138. The van der Waals surface area contributed by atoms with Gasteiger partial charge in [0.15, 0.2) is 0 Å². The van der Waals surface area contributed by atoms with Crippen molar-refractivity contribution in [3.63, 3.8) is 0 Å². The van der Waals surface area contributed by atoms with Crippen LogP contribution in [0.2, 0.25) is 0 Å². The molecule has 0 spiro atoms. The Morgan fingerprint density at radius 2 is 1.96 bits per heavy atom. The Morgan fingerprint density at radius 1 is 1.19 bits per heavy atom. The number of hydrogen-bond acceptors (Lipinski definition) is 4. The molecule has 1 unspecified atom stereocenters. The second kappa shape index (κ2) is 9.06. The van der Waals surface area contributed by atoms with Crippen molar-refractivity contribution in [2.75, 3.05) is 32.7 Å². The number of carbonyl (C=O) groups is 3. The van der Waals surface area contributed by atoms with Crippen LogP contribution in [-0.2, 0) is 20.8 Å². The van der Waals surface area contributed by atoms with Crippen molar-refractivity contribution in [2.24, 2.45) is 5.92 Å². The van der Waals surface area contributed by atoms with Crippen LogP contribution in [0, 0.1) is 12.8 Å². The summed E-state index contributed by atoms with van der Waals surface area (Å²) in [5.41, 5.74) is 0. The molecule has 7 nitrogen and oxygen atoms in total. The van der Waals surface area contributed by atoms with Crippen molar-refractivity contribution in [3.05, 3.63) is 23.7 Å². The molecule has 1 aromatic rings. The van der Waals surface area contributed by atoms with Crippen molar-refractivity contribution in [2.45, 2.75) is 45.4 Å². The fourth-order valence-electron chi connectivity index (χ4n) is 3.81. The molecule has 0 aromatic carbocycles. The van der Waals surface area contributed by atoms with Crippen molar-refractivity contribution in [1.29, 1.82) is 0 Å². The molecule has 0 radical (unpaired) electrons. The molecular weight excluding hydrogens is 346 g/mol. The monoisotopic (exact) mass is 375 g/mol. The third-order valence-corrected chi connectivity index (χ3v) is 5.37.